The quantitative estimate of drug-likeness (QED) is 0.497. The van der Waals surface area contributed by atoms with Crippen LogP contribution >= 0.6 is 15.9 Å². The van der Waals surface area contributed by atoms with Crippen LogP contribution in [-0.2, 0) is 0 Å². The average Bonchev–Trinajstić information content (AvgIpc) is 3.03. The molecule has 0 saturated heterocycles. The first-order chi connectivity index (χ1) is 12.1. The Balaban J connectivity index is 1.73. The summed E-state index contributed by atoms with van der Waals surface area (Å²) in [5.74, 6) is 0.0859. The molecule has 0 radical (unpaired) electrons. The number of hydrazone groups is 1. The fourth-order valence-corrected chi connectivity index (χ4v) is 2.71. The zero-order chi connectivity index (χ0) is 17.8. The van der Waals surface area contributed by atoms with Gasteiger partial charge >= 0.3 is 5.91 Å². The molecule has 1 heterocycles. The van der Waals surface area contributed by atoms with E-state index in [4.69, 9.17) is 9.15 Å². The zero-order valence-corrected chi connectivity index (χ0v) is 14.9. The van der Waals surface area contributed by atoms with Crippen molar-refractivity contribution in [3.63, 3.8) is 0 Å². The molecule has 1 amide bonds. The zero-order valence-electron chi connectivity index (χ0n) is 13.3. The summed E-state index contributed by atoms with van der Waals surface area (Å²) in [5.41, 5.74) is 3.70. The summed E-state index contributed by atoms with van der Waals surface area (Å²) < 4.78 is 11.3. The Bertz CT molecular complexity index is 916. The van der Waals surface area contributed by atoms with Crippen molar-refractivity contribution >= 4 is 39.0 Å². The van der Waals surface area contributed by atoms with E-state index in [9.17, 15) is 9.90 Å². The molecule has 1 aromatic heterocycles. The molecule has 0 bridgehead atoms. The van der Waals surface area contributed by atoms with Crippen molar-refractivity contribution in [2.45, 2.75) is 6.92 Å². The second kappa shape index (κ2) is 7.40. The van der Waals surface area contributed by atoms with Crippen molar-refractivity contribution < 1.29 is 19.1 Å². The molecule has 0 atom stereocenters. The summed E-state index contributed by atoms with van der Waals surface area (Å²) in [6, 6.07) is 12.3. The van der Waals surface area contributed by atoms with E-state index in [1.807, 2.05) is 25.1 Å². The van der Waals surface area contributed by atoms with Gasteiger partial charge in [0.1, 0.15) is 5.58 Å². The third-order valence-corrected chi connectivity index (χ3v) is 3.98. The number of phenolic OH excluding ortho intramolecular Hbond substituents is 1. The molecule has 6 nitrogen and oxygen atoms in total. The number of benzene rings is 2. The maximum absolute atomic E-state index is 12.1. The van der Waals surface area contributed by atoms with Crippen LogP contribution in [0.3, 0.4) is 0 Å². The predicted octanol–water partition coefficient (Wildman–Crippen LogP) is 4.06. The van der Waals surface area contributed by atoms with Gasteiger partial charge in [-0.3, -0.25) is 4.79 Å². The van der Waals surface area contributed by atoms with Crippen molar-refractivity contribution in [2.24, 2.45) is 5.10 Å². The Morgan fingerprint density at radius 1 is 1.36 bits per heavy atom. The molecule has 2 N–H and O–H groups in total. The minimum Gasteiger partial charge on any atom is -0.503 e. The van der Waals surface area contributed by atoms with E-state index in [2.05, 4.69) is 26.5 Å². The number of carbonyl (C=O) groups is 1. The molecule has 0 fully saturated rings. The summed E-state index contributed by atoms with van der Waals surface area (Å²) >= 11 is 3.25. The Hall–Kier alpha value is -2.80. The van der Waals surface area contributed by atoms with Crippen LogP contribution in [-0.4, -0.2) is 23.8 Å². The fourth-order valence-electron chi connectivity index (χ4n) is 2.25. The molecule has 0 aliphatic carbocycles. The summed E-state index contributed by atoms with van der Waals surface area (Å²) in [5, 5.41) is 14.7. The van der Waals surface area contributed by atoms with Crippen LogP contribution in [0.2, 0.25) is 0 Å². The predicted molar refractivity (Wildman–Crippen MR) is 98.3 cm³/mol. The molecule has 128 valence electrons. The van der Waals surface area contributed by atoms with Crippen LogP contribution in [0.5, 0.6) is 11.5 Å². The molecule has 0 aliphatic heterocycles. The van der Waals surface area contributed by atoms with E-state index in [0.29, 0.717) is 28.0 Å². The number of aromatic hydroxyl groups is 1. The van der Waals surface area contributed by atoms with E-state index in [1.54, 1.807) is 24.3 Å². The number of para-hydroxylation sites is 1. The van der Waals surface area contributed by atoms with E-state index in [0.717, 1.165) is 5.39 Å². The Morgan fingerprint density at radius 3 is 2.92 bits per heavy atom. The van der Waals surface area contributed by atoms with E-state index < -0.39 is 5.91 Å². The van der Waals surface area contributed by atoms with Gasteiger partial charge < -0.3 is 14.3 Å². The number of phenols is 1. The highest BCUT2D eigenvalue weighted by atomic mass is 79.9. The molecule has 2 aromatic carbocycles. The van der Waals surface area contributed by atoms with Gasteiger partial charge in [0, 0.05) is 5.39 Å². The van der Waals surface area contributed by atoms with Crippen molar-refractivity contribution in [2.75, 3.05) is 6.61 Å². The lowest BCUT2D eigenvalue weighted by molar-refractivity contribution is 0.0929. The molecular formula is C18H15BrN2O4. The van der Waals surface area contributed by atoms with Gasteiger partial charge in [-0.05, 0) is 52.7 Å². The maximum Gasteiger partial charge on any atom is 0.307 e. The van der Waals surface area contributed by atoms with Gasteiger partial charge in [0.25, 0.3) is 0 Å². The van der Waals surface area contributed by atoms with Gasteiger partial charge in [-0.15, -0.1) is 0 Å². The summed E-state index contributed by atoms with van der Waals surface area (Å²) in [6.45, 7) is 2.24. The van der Waals surface area contributed by atoms with E-state index >= 15 is 0 Å². The normalized spacial score (nSPS) is 11.1. The number of amides is 1. The standard InChI is InChI=1S/C18H15BrN2O4/c1-2-24-15-8-11(7-13(19)17(15)22)10-20-21-18(23)16-9-12-5-3-4-6-14(12)25-16/h3-10,22H,2H2,1H3,(H,21,23)/b20-10+. The molecule has 7 heteroatoms. The van der Waals surface area contributed by atoms with Gasteiger partial charge in [-0.1, -0.05) is 18.2 Å². The van der Waals surface area contributed by atoms with Crippen molar-refractivity contribution in [1.82, 2.24) is 5.43 Å². The lowest BCUT2D eigenvalue weighted by atomic mass is 10.2. The second-order valence-electron chi connectivity index (χ2n) is 5.13. The largest absolute Gasteiger partial charge is 0.503 e. The molecule has 0 unspecified atom stereocenters. The first-order valence-corrected chi connectivity index (χ1v) is 8.35. The van der Waals surface area contributed by atoms with E-state index in [1.165, 1.54) is 6.21 Å². The molecule has 0 spiro atoms. The van der Waals surface area contributed by atoms with E-state index in [-0.39, 0.29) is 11.5 Å². The van der Waals surface area contributed by atoms with Crippen molar-refractivity contribution in [1.29, 1.82) is 0 Å². The van der Waals surface area contributed by atoms with Gasteiger partial charge in [0.05, 0.1) is 17.3 Å². The number of nitrogens with one attached hydrogen (secondary N) is 1. The second-order valence-corrected chi connectivity index (χ2v) is 5.98. The number of halogens is 1. The number of carbonyl (C=O) groups excluding carboxylic acids is 1. The lowest BCUT2D eigenvalue weighted by Crippen LogP contribution is -2.16. The smallest absolute Gasteiger partial charge is 0.307 e. The Kier molecular flexibility index (Phi) is 5.04. The number of furan rings is 1. The number of ether oxygens (including phenoxy) is 1. The number of rotatable bonds is 5. The first kappa shape index (κ1) is 17.0. The molecule has 3 rings (SSSR count). The highest BCUT2D eigenvalue weighted by Gasteiger charge is 2.11. The summed E-state index contributed by atoms with van der Waals surface area (Å²) in [6.07, 6.45) is 1.45. The maximum atomic E-state index is 12.1. The topological polar surface area (TPSA) is 84.1 Å². The molecule has 25 heavy (non-hydrogen) atoms. The Morgan fingerprint density at radius 2 is 2.16 bits per heavy atom. The van der Waals surface area contributed by atoms with Gasteiger partial charge in [0.15, 0.2) is 17.3 Å². The number of nitrogens with zero attached hydrogens (tertiary/aromatic N) is 1. The van der Waals surface area contributed by atoms with Gasteiger partial charge in [0.2, 0.25) is 0 Å². The third-order valence-electron chi connectivity index (χ3n) is 3.38. The molecule has 0 saturated carbocycles. The monoisotopic (exact) mass is 402 g/mol. The van der Waals surface area contributed by atoms with Crippen LogP contribution in [0.1, 0.15) is 23.0 Å². The SMILES string of the molecule is CCOc1cc(/C=N/NC(=O)c2cc3ccccc3o2)cc(Br)c1O. The number of hydrogen-bond acceptors (Lipinski definition) is 5. The average molecular weight is 403 g/mol. The highest BCUT2D eigenvalue weighted by Crippen LogP contribution is 2.35. The molecular weight excluding hydrogens is 388 g/mol. The molecule has 3 aromatic rings. The lowest BCUT2D eigenvalue weighted by Gasteiger charge is -2.08. The van der Waals surface area contributed by atoms with Crippen LogP contribution in [0, 0.1) is 0 Å². The number of hydrogen-bond donors (Lipinski definition) is 2. The van der Waals surface area contributed by atoms with Crippen molar-refractivity contribution in [3.05, 3.63) is 58.3 Å². The van der Waals surface area contributed by atoms with Crippen molar-refractivity contribution in [3.8, 4) is 11.5 Å². The molecule has 0 aliphatic rings. The van der Waals surface area contributed by atoms with Crippen LogP contribution in [0.15, 0.2) is 56.5 Å². The van der Waals surface area contributed by atoms with Gasteiger partial charge in [-0.2, -0.15) is 5.10 Å². The first-order valence-electron chi connectivity index (χ1n) is 7.55. The van der Waals surface area contributed by atoms with Crippen LogP contribution < -0.4 is 10.2 Å². The van der Waals surface area contributed by atoms with Gasteiger partial charge in [-0.25, -0.2) is 5.43 Å². The van der Waals surface area contributed by atoms with Crippen LogP contribution in [0.25, 0.3) is 11.0 Å². The third kappa shape index (κ3) is 3.83. The van der Waals surface area contributed by atoms with Crippen LogP contribution in [0.4, 0.5) is 0 Å². The summed E-state index contributed by atoms with van der Waals surface area (Å²) in [4.78, 5) is 12.1. The highest BCUT2D eigenvalue weighted by molar-refractivity contribution is 9.10. The number of fused-ring (bicyclic) bond motifs is 1. The fraction of sp³-hybridized carbons (Fsp3) is 0.111. The summed E-state index contributed by atoms with van der Waals surface area (Å²) in [7, 11) is 0. The minimum atomic E-state index is -0.449. The minimum absolute atomic E-state index is 0.0188. The Labute approximate surface area is 152 Å².